The van der Waals surface area contributed by atoms with Gasteiger partial charge in [-0.05, 0) is 24.3 Å². The monoisotopic (exact) mass is 311 g/mol. The number of sulfonamides is 1. The van der Waals surface area contributed by atoms with Gasteiger partial charge in [0.15, 0.2) is 11.6 Å². The lowest BCUT2D eigenvalue weighted by atomic mass is 10.3. The van der Waals surface area contributed by atoms with E-state index in [0.717, 1.165) is 6.20 Å². The third-order valence-corrected chi connectivity index (χ3v) is 3.47. The van der Waals surface area contributed by atoms with Crippen molar-refractivity contribution in [3.8, 4) is 5.75 Å². The Labute approximate surface area is 121 Å². The number of ether oxygens (including phenoxy) is 1. The average Bonchev–Trinajstić information content (AvgIpc) is 2.45. The molecule has 0 fully saturated rings. The third-order valence-electron chi connectivity index (χ3n) is 2.57. The molecule has 2 aromatic rings. The SMILES string of the molecule is NS(=O)(=O)c1ccc(NCCOc2ccccc2F)nc1. The van der Waals surface area contributed by atoms with Gasteiger partial charge in [0.05, 0.1) is 6.54 Å². The summed E-state index contributed by atoms with van der Waals surface area (Å²) in [7, 11) is -3.74. The number of rotatable bonds is 6. The number of benzene rings is 1. The Bertz CT molecular complexity index is 705. The number of nitrogens with two attached hydrogens (primary N) is 1. The van der Waals surface area contributed by atoms with Gasteiger partial charge in [0, 0.05) is 6.20 Å². The molecule has 0 radical (unpaired) electrons. The van der Waals surface area contributed by atoms with E-state index in [-0.39, 0.29) is 17.3 Å². The van der Waals surface area contributed by atoms with Gasteiger partial charge in [-0.3, -0.25) is 0 Å². The van der Waals surface area contributed by atoms with E-state index in [0.29, 0.717) is 12.4 Å². The van der Waals surface area contributed by atoms with Gasteiger partial charge in [0.1, 0.15) is 17.3 Å². The summed E-state index contributed by atoms with van der Waals surface area (Å²) in [5.74, 6) is 0.226. The quantitative estimate of drug-likeness (QED) is 0.786. The fourth-order valence-corrected chi connectivity index (χ4v) is 2.01. The summed E-state index contributed by atoms with van der Waals surface area (Å²) < 4.78 is 40.6. The first-order chi connectivity index (χ1) is 9.97. The first kappa shape index (κ1) is 15.2. The van der Waals surface area contributed by atoms with Crippen molar-refractivity contribution in [2.45, 2.75) is 4.90 Å². The molecule has 8 heteroatoms. The number of anilines is 1. The van der Waals surface area contributed by atoms with Gasteiger partial charge in [0.2, 0.25) is 10.0 Å². The normalized spacial score (nSPS) is 11.1. The van der Waals surface area contributed by atoms with Crippen LogP contribution in [0.25, 0.3) is 0 Å². The first-order valence-electron chi connectivity index (χ1n) is 6.07. The summed E-state index contributed by atoms with van der Waals surface area (Å²) >= 11 is 0. The molecule has 2 rings (SSSR count). The van der Waals surface area contributed by atoms with Gasteiger partial charge in [-0.2, -0.15) is 0 Å². The summed E-state index contributed by atoms with van der Waals surface area (Å²) in [5, 5.41) is 7.88. The Kier molecular flexibility index (Phi) is 4.71. The van der Waals surface area contributed by atoms with Crippen molar-refractivity contribution in [1.82, 2.24) is 4.98 Å². The minimum absolute atomic E-state index is 0.0596. The number of para-hydroxylation sites is 1. The van der Waals surface area contributed by atoms with Gasteiger partial charge in [-0.25, -0.2) is 22.9 Å². The molecule has 6 nitrogen and oxygen atoms in total. The second-order valence-electron chi connectivity index (χ2n) is 4.13. The third kappa shape index (κ3) is 4.40. The topological polar surface area (TPSA) is 94.3 Å². The van der Waals surface area contributed by atoms with Crippen molar-refractivity contribution in [2.24, 2.45) is 5.14 Å². The fourth-order valence-electron chi connectivity index (χ4n) is 1.56. The van der Waals surface area contributed by atoms with Crippen LogP contribution in [0.2, 0.25) is 0 Å². The second-order valence-corrected chi connectivity index (χ2v) is 5.69. The lowest BCUT2D eigenvalue weighted by molar-refractivity contribution is 0.315. The zero-order valence-electron chi connectivity index (χ0n) is 11.0. The van der Waals surface area contributed by atoms with Crippen LogP contribution < -0.4 is 15.2 Å². The zero-order valence-corrected chi connectivity index (χ0v) is 11.8. The molecule has 1 aromatic heterocycles. The molecule has 1 heterocycles. The van der Waals surface area contributed by atoms with Crippen LogP contribution in [0, 0.1) is 5.82 Å². The Hall–Kier alpha value is -2.19. The van der Waals surface area contributed by atoms with Crippen LogP contribution in [0.15, 0.2) is 47.5 Å². The predicted molar refractivity (Wildman–Crippen MR) is 76.0 cm³/mol. The van der Waals surface area contributed by atoms with E-state index in [1.165, 1.54) is 24.3 Å². The van der Waals surface area contributed by atoms with Crippen molar-refractivity contribution in [1.29, 1.82) is 0 Å². The molecular weight excluding hydrogens is 297 g/mol. The lowest BCUT2D eigenvalue weighted by Crippen LogP contribution is -2.14. The highest BCUT2D eigenvalue weighted by Crippen LogP contribution is 2.15. The van der Waals surface area contributed by atoms with Crippen LogP contribution >= 0.6 is 0 Å². The summed E-state index contributed by atoms with van der Waals surface area (Å²) in [6.45, 7) is 0.621. The summed E-state index contributed by atoms with van der Waals surface area (Å²) in [5.41, 5.74) is 0. The molecular formula is C13H14FN3O3S. The fraction of sp³-hybridized carbons (Fsp3) is 0.154. The van der Waals surface area contributed by atoms with Crippen LogP contribution in [0.1, 0.15) is 0 Å². The van der Waals surface area contributed by atoms with E-state index in [1.807, 2.05) is 0 Å². The van der Waals surface area contributed by atoms with Gasteiger partial charge in [-0.1, -0.05) is 12.1 Å². The van der Waals surface area contributed by atoms with Crippen LogP contribution in [0.4, 0.5) is 10.2 Å². The molecule has 112 valence electrons. The molecule has 0 aliphatic heterocycles. The summed E-state index contributed by atoms with van der Waals surface area (Å²) in [6, 6.07) is 8.95. The van der Waals surface area contributed by atoms with Crippen LogP contribution in [-0.2, 0) is 10.0 Å². The van der Waals surface area contributed by atoms with Gasteiger partial charge in [-0.15, -0.1) is 0 Å². The van der Waals surface area contributed by atoms with Crippen molar-refractivity contribution >= 4 is 15.8 Å². The Balaban J connectivity index is 1.83. The number of primary sulfonamides is 1. The average molecular weight is 311 g/mol. The van der Waals surface area contributed by atoms with E-state index in [4.69, 9.17) is 9.88 Å². The summed E-state index contributed by atoms with van der Waals surface area (Å²) in [6.07, 6.45) is 1.16. The Morgan fingerprint density at radius 1 is 1.24 bits per heavy atom. The van der Waals surface area contributed by atoms with Crippen LogP contribution in [-0.4, -0.2) is 26.6 Å². The molecule has 3 N–H and O–H groups in total. The molecule has 0 bridgehead atoms. The largest absolute Gasteiger partial charge is 0.489 e. The molecule has 21 heavy (non-hydrogen) atoms. The minimum Gasteiger partial charge on any atom is -0.489 e. The second kappa shape index (κ2) is 6.51. The molecule has 0 atom stereocenters. The molecule has 0 spiro atoms. The smallest absolute Gasteiger partial charge is 0.239 e. The number of halogens is 1. The van der Waals surface area contributed by atoms with Crippen molar-refractivity contribution < 1.29 is 17.5 Å². The van der Waals surface area contributed by atoms with Crippen molar-refractivity contribution in [3.63, 3.8) is 0 Å². The van der Waals surface area contributed by atoms with Crippen LogP contribution in [0.3, 0.4) is 0 Å². The Morgan fingerprint density at radius 2 is 2.00 bits per heavy atom. The number of aromatic nitrogens is 1. The van der Waals surface area contributed by atoms with Crippen LogP contribution in [0.5, 0.6) is 5.75 Å². The molecule has 0 aliphatic carbocycles. The maximum Gasteiger partial charge on any atom is 0.239 e. The summed E-state index contributed by atoms with van der Waals surface area (Å²) in [4.78, 5) is 3.85. The predicted octanol–water partition coefficient (Wildman–Crippen LogP) is 1.36. The van der Waals surface area contributed by atoms with E-state index in [9.17, 15) is 12.8 Å². The molecule has 0 unspecified atom stereocenters. The van der Waals surface area contributed by atoms with Gasteiger partial charge < -0.3 is 10.1 Å². The van der Waals surface area contributed by atoms with Crippen molar-refractivity contribution in [2.75, 3.05) is 18.5 Å². The van der Waals surface area contributed by atoms with Crippen molar-refractivity contribution in [3.05, 3.63) is 48.4 Å². The van der Waals surface area contributed by atoms with E-state index >= 15 is 0 Å². The maximum atomic E-state index is 13.3. The first-order valence-corrected chi connectivity index (χ1v) is 7.61. The highest BCUT2D eigenvalue weighted by Gasteiger charge is 2.07. The molecule has 1 aromatic carbocycles. The molecule has 0 aliphatic rings. The van der Waals surface area contributed by atoms with E-state index in [1.54, 1.807) is 12.1 Å². The lowest BCUT2D eigenvalue weighted by Gasteiger charge is -2.08. The highest BCUT2D eigenvalue weighted by atomic mass is 32.2. The standard InChI is InChI=1S/C13H14FN3O3S/c14-11-3-1-2-4-12(11)20-8-7-16-13-6-5-10(9-17-13)21(15,18)19/h1-6,9H,7-8H2,(H,16,17)(H2,15,18,19). The Morgan fingerprint density at radius 3 is 2.62 bits per heavy atom. The van der Waals surface area contributed by atoms with Gasteiger partial charge in [0.25, 0.3) is 0 Å². The van der Waals surface area contributed by atoms with E-state index in [2.05, 4.69) is 10.3 Å². The number of hydrogen-bond acceptors (Lipinski definition) is 5. The number of nitrogens with zero attached hydrogens (tertiary/aromatic N) is 1. The number of nitrogens with one attached hydrogen (secondary N) is 1. The number of pyridine rings is 1. The van der Waals surface area contributed by atoms with E-state index < -0.39 is 15.8 Å². The zero-order chi connectivity index (χ0) is 15.3. The molecule has 0 saturated carbocycles. The highest BCUT2D eigenvalue weighted by molar-refractivity contribution is 7.89. The molecule has 0 saturated heterocycles. The minimum atomic E-state index is -3.74. The van der Waals surface area contributed by atoms with Gasteiger partial charge >= 0.3 is 0 Å². The maximum absolute atomic E-state index is 13.3. The number of hydrogen-bond donors (Lipinski definition) is 2. The molecule has 0 amide bonds.